The van der Waals surface area contributed by atoms with E-state index in [4.69, 9.17) is 0 Å². The Labute approximate surface area is 328 Å². The molecule has 56 heavy (non-hydrogen) atoms. The van der Waals surface area contributed by atoms with Gasteiger partial charge in [-0.05, 0) is 126 Å². The molecule has 4 aromatic carbocycles. The summed E-state index contributed by atoms with van der Waals surface area (Å²) in [6.07, 6.45) is 33.0. The molecule has 0 fully saturated rings. The minimum absolute atomic E-state index is 0.0523. The zero-order chi connectivity index (χ0) is 36.7. The predicted octanol–water partition coefficient (Wildman–Crippen LogP) is 11.3. The number of rotatable bonds is 5. The van der Waals surface area contributed by atoms with Gasteiger partial charge in [0.05, 0.1) is 0 Å². The van der Waals surface area contributed by atoms with Crippen molar-refractivity contribution in [2.45, 2.75) is 0 Å². The van der Waals surface area contributed by atoms with Crippen LogP contribution < -0.4 is 0 Å². The first-order valence-electron chi connectivity index (χ1n) is 19.6. The van der Waals surface area contributed by atoms with Crippen LogP contribution in [0.15, 0.2) is 262 Å². The van der Waals surface area contributed by atoms with E-state index < -0.39 is 0 Å². The number of allylic oxidation sites excluding steroid dienone is 24. The van der Waals surface area contributed by atoms with Crippen molar-refractivity contribution in [2.24, 2.45) is 0 Å². The van der Waals surface area contributed by atoms with E-state index in [0.29, 0.717) is 0 Å². The minimum Gasteiger partial charge on any atom is -0.377 e. The second-order valence-electron chi connectivity index (χ2n) is 15.3. The molecule has 0 aromatic heterocycles. The Morgan fingerprint density at radius 2 is 0.714 bits per heavy atom. The highest BCUT2D eigenvalue weighted by atomic mass is 15.1. The Bertz CT molecular complexity index is 2670. The Morgan fingerprint density at radius 1 is 0.339 bits per heavy atom. The van der Waals surface area contributed by atoms with Gasteiger partial charge in [-0.2, -0.15) is 0 Å². The average molecular weight is 708 g/mol. The first-order valence-corrected chi connectivity index (χ1v) is 19.6. The van der Waals surface area contributed by atoms with Gasteiger partial charge in [0.1, 0.15) is 0 Å². The number of benzene rings is 4. The molecule has 4 aromatic rings. The van der Waals surface area contributed by atoms with Gasteiger partial charge in [0, 0.05) is 22.8 Å². The fourth-order valence-corrected chi connectivity index (χ4v) is 9.77. The summed E-state index contributed by atoms with van der Waals surface area (Å²) in [5, 5.41) is 0. The summed E-state index contributed by atoms with van der Waals surface area (Å²) in [5.74, 6) is 0. The topological polar surface area (TPSA) is 6.48 Å². The highest BCUT2D eigenvalue weighted by molar-refractivity contribution is 6.79. The maximum absolute atomic E-state index is 2.54. The molecule has 8 aliphatic heterocycles. The molecule has 0 spiro atoms. The van der Waals surface area contributed by atoms with Crippen molar-refractivity contribution in [3.8, 4) is 0 Å². The number of hydrogen-bond acceptors (Lipinski definition) is 2. The standard InChI is InChI=1S/C52H34B2N2/c1-5-15-35(16-6-1)45-31-41-23-13-24-42-32-46(36-17-7-2-8-18-36)50-28-39(27-49(45)53(50)55(41)42)40-29-51-47(37-19-9-3-10-20-37)33-43-25-14-26-44-34-48(38-21-11-4-12-22-38)52(30-40)54(51)56(43)44/h1-34H. The van der Waals surface area contributed by atoms with Crippen LogP contribution in [-0.4, -0.2) is 23.3 Å². The van der Waals surface area contributed by atoms with Crippen molar-refractivity contribution < 1.29 is 0 Å². The van der Waals surface area contributed by atoms with Crippen LogP contribution in [0.25, 0.3) is 22.3 Å². The second kappa shape index (κ2) is 12.2. The highest BCUT2D eigenvalue weighted by Gasteiger charge is 2.47. The zero-order valence-corrected chi connectivity index (χ0v) is 30.7. The Kier molecular flexibility index (Phi) is 6.85. The van der Waals surface area contributed by atoms with E-state index >= 15 is 0 Å². The quantitative estimate of drug-likeness (QED) is 0.191. The minimum atomic E-state index is 0.0523. The summed E-state index contributed by atoms with van der Waals surface area (Å²) >= 11 is 0. The summed E-state index contributed by atoms with van der Waals surface area (Å²) in [5.41, 5.74) is 22.7. The molecule has 0 bridgehead atoms. The molecule has 0 amide bonds. The zero-order valence-electron chi connectivity index (χ0n) is 30.7. The normalized spacial score (nSPS) is 19.7. The van der Waals surface area contributed by atoms with Gasteiger partial charge in [0.25, 0.3) is 0 Å². The fraction of sp³-hybridized carbons (Fsp3) is 0. The molecule has 4 heteroatoms. The van der Waals surface area contributed by atoms with Crippen molar-refractivity contribution in [2.75, 3.05) is 0 Å². The van der Waals surface area contributed by atoms with E-state index in [1.54, 1.807) is 0 Å². The van der Waals surface area contributed by atoms with Crippen molar-refractivity contribution in [1.82, 2.24) is 9.62 Å². The molecule has 258 valence electrons. The SMILES string of the molecule is C1=CC2=CC(c3ccccc3)=C3C=C(C4=CC5=C(c6ccccc6)C=C6C=CC=C7C=C(c8ccccc8)C(=C4)B5N76)C=C4B3N2C(=C1)C=C4c1ccccc1. The summed E-state index contributed by atoms with van der Waals surface area (Å²) in [7, 11) is 0. The van der Waals surface area contributed by atoms with Crippen molar-refractivity contribution >= 4 is 36.0 Å². The Morgan fingerprint density at radius 3 is 1.11 bits per heavy atom. The first-order chi connectivity index (χ1) is 27.8. The smallest absolute Gasteiger partial charge is 0.329 e. The van der Waals surface area contributed by atoms with Gasteiger partial charge in [-0.1, -0.05) is 158 Å². The first kappa shape index (κ1) is 31.3. The average Bonchev–Trinajstić information content (AvgIpc) is 3.27. The predicted molar refractivity (Wildman–Crippen MR) is 234 cm³/mol. The summed E-state index contributed by atoms with van der Waals surface area (Å²) < 4.78 is 0. The molecule has 2 nitrogen and oxygen atoms in total. The van der Waals surface area contributed by atoms with E-state index in [1.165, 1.54) is 100 Å². The lowest BCUT2D eigenvalue weighted by Crippen LogP contribution is -2.48. The Balaban J connectivity index is 1.15. The highest BCUT2D eigenvalue weighted by Crippen LogP contribution is 2.51. The van der Waals surface area contributed by atoms with Crippen molar-refractivity contribution in [3.63, 3.8) is 0 Å². The van der Waals surface area contributed by atoms with Crippen LogP contribution in [0.5, 0.6) is 0 Å². The second-order valence-corrected chi connectivity index (χ2v) is 15.3. The fourth-order valence-electron chi connectivity index (χ4n) is 9.77. The summed E-state index contributed by atoms with van der Waals surface area (Å²) in [4.78, 5) is 5.07. The largest absolute Gasteiger partial charge is 0.377 e. The maximum atomic E-state index is 2.54. The molecule has 0 saturated heterocycles. The lowest BCUT2D eigenvalue weighted by atomic mass is 9.38. The van der Waals surface area contributed by atoms with Crippen LogP contribution in [0.1, 0.15) is 22.3 Å². The van der Waals surface area contributed by atoms with Gasteiger partial charge in [0.15, 0.2) is 0 Å². The number of hydrogen-bond donors (Lipinski definition) is 0. The monoisotopic (exact) mass is 708 g/mol. The molecule has 0 saturated carbocycles. The molecule has 8 heterocycles. The lowest BCUT2D eigenvalue weighted by Gasteiger charge is -2.46. The van der Waals surface area contributed by atoms with E-state index in [0.717, 1.165) is 0 Å². The van der Waals surface area contributed by atoms with Crippen molar-refractivity contribution in [3.05, 3.63) is 284 Å². The molecule has 0 aliphatic carbocycles. The molecule has 0 atom stereocenters. The van der Waals surface area contributed by atoms with Crippen LogP contribution >= 0.6 is 0 Å². The number of nitrogens with zero attached hydrogens (tertiary/aromatic N) is 2. The Hall–Kier alpha value is -7.03. The third kappa shape index (κ3) is 4.72. The van der Waals surface area contributed by atoms with E-state index in [2.05, 4.69) is 216 Å². The van der Waals surface area contributed by atoms with Crippen molar-refractivity contribution in [1.29, 1.82) is 0 Å². The third-order valence-corrected chi connectivity index (χ3v) is 12.2. The van der Waals surface area contributed by atoms with E-state index in [-0.39, 0.29) is 13.7 Å². The summed E-state index contributed by atoms with van der Waals surface area (Å²) in [6.45, 7) is 0.105. The van der Waals surface area contributed by atoms with Gasteiger partial charge in [-0.15, -0.1) is 0 Å². The van der Waals surface area contributed by atoms with Gasteiger partial charge < -0.3 is 9.62 Å². The molecule has 0 radical (unpaired) electrons. The van der Waals surface area contributed by atoms with Gasteiger partial charge in [-0.3, -0.25) is 0 Å². The van der Waals surface area contributed by atoms with Crippen LogP contribution in [0.2, 0.25) is 0 Å². The van der Waals surface area contributed by atoms with Crippen LogP contribution in [0.3, 0.4) is 0 Å². The van der Waals surface area contributed by atoms with Gasteiger partial charge in [-0.25, -0.2) is 0 Å². The molecule has 0 unspecified atom stereocenters. The van der Waals surface area contributed by atoms with Gasteiger partial charge >= 0.3 is 13.7 Å². The third-order valence-electron chi connectivity index (χ3n) is 12.2. The molecule has 0 N–H and O–H groups in total. The molecule has 12 rings (SSSR count). The summed E-state index contributed by atoms with van der Waals surface area (Å²) in [6, 6.07) is 43.8. The molecular formula is C52H34B2N2. The van der Waals surface area contributed by atoms with Crippen LogP contribution in [0.4, 0.5) is 0 Å². The molecule has 8 aliphatic rings. The van der Waals surface area contributed by atoms with E-state index in [9.17, 15) is 0 Å². The molecular weight excluding hydrogens is 674 g/mol. The maximum Gasteiger partial charge on any atom is 0.329 e. The van der Waals surface area contributed by atoms with E-state index in [1.807, 2.05) is 0 Å². The lowest BCUT2D eigenvalue weighted by molar-refractivity contribution is 0.685. The van der Waals surface area contributed by atoms with Crippen LogP contribution in [-0.2, 0) is 0 Å². The van der Waals surface area contributed by atoms with Crippen LogP contribution in [0, 0.1) is 0 Å². The van der Waals surface area contributed by atoms with Gasteiger partial charge in [0.2, 0.25) is 0 Å².